The van der Waals surface area contributed by atoms with Crippen molar-refractivity contribution >= 4 is 42.1 Å². The van der Waals surface area contributed by atoms with Gasteiger partial charge in [-0.1, -0.05) is 12.1 Å². The maximum Gasteiger partial charge on any atom is 0.224 e. The second-order valence-corrected chi connectivity index (χ2v) is 5.48. The standard InChI is InChI=1S/C7H6F3NS3/c8-12-7(13-9,14-10)5-1-3-6(11)4-2-5/h1-4H,11H2. The fourth-order valence-electron chi connectivity index (χ4n) is 0.857. The van der Waals surface area contributed by atoms with E-state index >= 15 is 0 Å². The number of hydrogen-bond donors (Lipinski definition) is 1. The number of nitrogens with two attached hydrogens (primary N) is 1. The number of benzene rings is 1. The van der Waals surface area contributed by atoms with Crippen LogP contribution in [-0.4, -0.2) is 0 Å². The first-order valence-electron chi connectivity index (χ1n) is 3.44. The summed E-state index contributed by atoms with van der Waals surface area (Å²) < 4.78 is 35.5. The topological polar surface area (TPSA) is 26.0 Å². The van der Waals surface area contributed by atoms with E-state index in [0.717, 1.165) is 0 Å². The molecule has 0 spiro atoms. The van der Waals surface area contributed by atoms with Crippen LogP contribution >= 0.6 is 36.4 Å². The quantitative estimate of drug-likeness (QED) is 0.644. The van der Waals surface area contributed by atoms with E-state index in [9.17, 15) is 11.7 Å². The third-order valence-corrected chi connectivity index (χ3v) is 4.02. The minimum atomic E-state index is -1.90. The SMILES string of the molecule is Nc1ccc(C(SF)(SF)SF)cc1. The van der Waals surface area contributed by atoms with E-state index < -0.39 is 3.41 Å². The Bertz CT molecular complexity index is 280. The highest BCUT2D eigenvalue weighted by molar-refractivity contribution is 8.28. The van der Waals surface area contributed by atoms with Crippen molar-refractivity contribution in [2.45, 2.75) is 3.41 Å². The van der Waals surface area contributed by atoms with Gasteiger partial charge in [0.25, 0.3) is 0 Å². The number of rotatable bonds is 4. The maximum atomic E-state index is 12.5. The van der Waals surface area contributed by atoms with Crippen LogP contribution in [0.5, 0.6) is 0 Å². The summed E-state index contributed by atoms with van der Waals surface area (Å²) in [6.07, 6.45) is 0. The van der Waals surface area contributed by atoms with Gasteiger partial charge >= 0.3 is 0 Å². The van der Waals surface area contributed by atoms with Gasteiger partial charge in [0.05, 0.1) is 36.4 Å². The number of anilines is 1. The van der Waals surface area contributed by atoms with Crippen LogP contribution in [0.25, 0.3) is 0 Å². The van der Waals surface area contributed by atoms with Gasteiger partial charge in [-0.3, -0.25) is 0 Å². The average molecular weight is 257 g/mol. The zero-order chi connectivity index (χ0) is 10.6. The van der Waals surface area contributed by atoms with Gasteiger partial charge in [-0.05, 0) is 17.7 Å². The summed E-state index contributed by atoms with van der Waals surface area (Å²) in [6.45, 7) is 0. The molecule has 0 amide bonds. The first kappa shape index (κ1) is 11.9. The van der Waals surface area contributed by atoms with Crippen LogP contribution in [0.15, 0.2) is 24.3 Å². The predicted molar refractivity (Wildman–Crippen MR) is 58.6 cm³/mol. The van der Waals surface area contributed by atoms with Crippen LogP contribution in [-0.2, 0) is 3.41 Å². The molecule has 0 heterocycles. The molecule has 0 saturated carbocycles. The van der Waals surface area contributed by atoms with E-state index in [2.05, 4.69) is 0 Å². The lowest BCUT2D eigenvalue weighted by Crippen LogP contribution is -2.07. The fraction of sp³-hybridized carbons (Fsp3) is 0.143. The molecule has 1 aromatic rings. The van der Waals surface area contributed by atoms with Crippen molar-refractivity contribution in [1.82, 2.24) is 0 Å². The van der Waals surface area contributed by atoms with E-state index in [1.165, 1.54) is 24.3 Å². The highest BCUT2D eigenvalue weighted by Gasteiger charge is 2.38. The van der Waals surface area contributed by atoms with Gasteiger partial charge < -0.3 is 5.73 Å². The Morgan fingerprint density at radius 1 is 0.929 bits per heavy atom. The van der Waals surface area contributed by atoms with Crippen LogP contribution in [0, 0.1) is 0 Å². The summed E-state index contributed by atoms with van der Waals surface area (Å²) in [6, 6.07) is 5.71. The van der Waals surface area contributed by atoms with Crippen molar-refractivity contribution < 1.29 is 11.7 Å². The first-order chi connectivity index (χ1) is 6.68. The largest absolute Gasteiger partial charge is 0.399 e. The molecular formula is C7H6F3NS3. The van der Waals surface area contributed by atoms with Crippen molar-refractivity contribution in [3.05, 3.63) is 29.8 Å². The van der Waals surface area contributed by atoms with Gasteiger partial charge in [0.2, 0.25) is 3.41 Å². The van der Waals surface area contributed by atoms with Crippen LogP contribution in [0.3, 0.4) is 0 Å². The van der Waals surface area contributed by atoms with Gasteiger partial charge in [0, 0.05) is 5.69 Å². The van der Waals surface area contributed by atoms with Crippen molar-refractivity contribution in [3.8, 4) is 0 Å². The van der Waals surface area contributed by atoms with E-state index in [4.69, 9.17) is 5.73 Å². The van der Waals surface area contributed by atoms with Crippen molar-refractivity contribution in [1.29, 1.82) is 0 Å². The minimum absolute atomic E-state index is 0.194. The molecule has 0 aliphatic rings. The summed E-state index contributed by atoms with van der Waals surface area (Å²) in [4.78, 5) is 0. The van der Waals surface area contributed by atoms with E-state index in [1.54, 1.807) is 0 Å². The van der Waals surface area contributed by atoms with Crippen molar-refractivity contribution in [2.75, 3.05) is 5.73 Å². The zero-order valence-electron chi connectivity index (χ0n) is 6.75. The summed E-state index contributed by atoms with van der Waals surface area (Å²) in [5.74, 6) is 0. The lowest BCUT2D eigenvalue weighted by Gasteiger charge is -2.19. The van der Waals surface area contributed by atoms with Gasteiger partial charge in [0.15, 0.2) is 0 Å². The second kappa shape index (κ2) is 5.09. The Morgan fingerprint density at radius 3 is 1.71 bits per heavy atom. The molecule has 0 unspecified atom stereocenters. The molecule has 78 valence electrons. The summed E-state index contributed by atoms with van der Waals surface area (Å²) in [7, 11) is 0. The molecule has 1 rings (SSSR count). The molecule has 0 aliphatic carbocycles. The highest BCUT2D eigenvalue weighted by atomic mass is 32.3. The molecule has 7 heteroatoms. The molecule has 2 N–H and O–H groups in total. The summed E-state index contributed by atoms with van der Waals surface area (Å²) in [5, 5.41) is 0. The normalized spacial score (nSPS) is 11.6. The Hall–Kier alpha value is -0.140. The third kappa shape index (κ3) is 2.26. The summed E-state index contributed by atoms with van der Waals surface area (Å²) >= 11 is -1.17. The zero-order valence-corrected chi connectivity index (χ0v) is 9.19. The molecule has 14 heavy (non-hydrogen) atoms. The van der Waals surface area contributed by atoms with Crippen molar-refractivity contribution in [2.24, 2.45) is 0 Å². The monoisotopic (exact) mass is 257 g/mol. The molecule has 0 radical (unpaired) electrons. The highest BCUT2D eigenvalue weighted by Crippen LogP contribution is 2.56. The Balaban J connectivity index is 3.05. The van der Waals surface area contributed by atoms with Gasteiger partial charge in [-0.25, -0.2) is 0 Å². The Kier molecular flexibility index (Phi) is 4.33. The van der Waals surface area contributed by atoms with Gasteiger partial charge in [-0.2, -0.15) is 11.7 Å². The number of hydrogen-bond acceptors (Lipinski definition) is 4. The maximum absolute atomic E-state index is 12.5. The molecule has 0 saturated heterocycles. The van der Waals surface area contributed by atoms with Crippen LogP contribution in [0.2, 0.25) is 0 Å². The van der Waals surface area contributed by atoms with E-state index in [0.29, 0.717) is 5.69 Å². The Labute approximate surface area is 92.9 Å². The second-order valence-electron chi connectivity index (χ2n) is 2.41. The molecule has 0 fully saturated rings. The molecule has 0 aromatic heterocycles. The van der Waals surface area contributed by atoms with Crippen LogP contribution in [0.4, 0.5) is 17.3 Å². The third-order valence-electron chi connectivity index (χ3n) is 1.57. The molecule has 0 aliphatic heterocycles. The molecule has 0 bridgehead atoms. The molecule has 0 atom stereocenters. The first-order valence-corrected chi connectivity index (χ1v) is 5.59. The lowest BCUT2D eigenvalue weighted by molar-refractivity contribution is 0.874. The van der Waals surface area contributed by atoms with E-state index in [-0.39, 0.29) is 42.0 Å². The summed E-state index contributed by atoms with van der Waals surface area (Å²) in [5.41, 5.74) is 6.04. The molecule has 1 aromatic carbocycles. The van der Waals surface area contributed by atoms with Crippen molar-refractivity contribution in [3.63, 3.8) is 0 Å². The van der Waals surface area contributed by atoms with Gasteiger partial charge in [0.1, 0.15) is 0 Å². The molecule has 1 nitrogen and oxygen atoms in total. The Morgan fingerprint density at radius 2 is 1.36 bits per heavy atom. The van der Waals surface area contributed by atoms with Crippen LogP contribution in [0.1, 0.15) is 5.56 Å². The molecular weight excluding hydrogens is 251 g/mol. The fourth-order valence-corrected chi connectivity index (χ4v) is 1.82. The predicted octanol–water partition coefficient (Wildman–Crippen LogP) is 4.23. The van der Waals surface area contributed by atoms with E-state index in [1.807, 2.05) is 0 Å². The minimum Gasteiger partial charge on any atom is -0.399 e. The average Bonchev–Trinajstić information content (AvgIpc) is 2.24. The van der Waals surface area contributed by atoms with Crippen LogP contribution < -0.4 is 5.73 Å². The van der Waals surface area contributed by atoms with Gasteiger partial charge in [-0.15, -0.1) is 0 Å². The number of halogens is 3. The lowest BCUT2D eigenvalue weighted by atomic mass is 10.2. The number of nitrogen functional groups attached to an aromatic ring is 1. The smallest absolute Gasteiger partial charge is 0.224 e.